The molecule has 14 heteroatoms. The van der Waals surface area contributed by atoms with E-state index in [9.17, 15) is 18.9 Å². The molecule has 2 heterocycles. The van der Waals surface area contributed by atoms with Gasteiger partial charge in [0.2, 0.25) is 19.5 Å². The number of aromatic nitrogens is 4. The molecule has 3 rings (SSSR count). The summed E-state index contributed by atoms with van der Waals surface area (Å²) < 4.78 is 36.0. The number of ether oxygens (including phenoxy) is 2. The van der Waals surface area contributed by atoms with E-state index in [1.807, 2.05) is 0 Å². The van der Waals surface area contributed by atoms with Gasteiger partial charge in [0.1, 0.15) is 0 Å². The van der Waals surface area contributed by atoms with Crippen molar-refractivity contribution in [1.82, 2.24) is 19.5 Å². The second-order valence-corrected chi connectivity index (χ2v) is 13.0. The van der Waals surface area contributed by atoms with Gasteiger partial charge in [0, 0.05) is 17.8 Å². The van der Waals surface area contributed by atoms with Crippen LogP contribution >= 0.6 is 7.60 Å². The van der Waals surface area contributed by atoms with Gasteiger partial charge >= 0.3 is 19.5 Å². The van der Waals surface area contributed by atoms with Crippen LogP contribution in [0.15, 0.2) is 23.0 Å². The van der Waals surface area contributed by atoms with Crippen LogP contribution in [0.1, 0.15) is 54.4 Å². The van der Waals surface area contributed by atoms with Gasteiger partial charge in [-0.05, 0) is 54.4 Å². The number of hydrogen-bond donors (Lipinski definition) is 2. The summed E-state index contributed by atoms with van der Waals surface area (Å²) in [7, 11) is -4.00. The first-order chi connectivity index (χ1) is 17.0. The Hall–Kier alpha value is -3.02. The first-order valence-electron chi connectivity index (χ1n) is 11.7. The molecule has 0 amide bonds. The van der Waals surface area contributed by atoms with E-state index in [2.05, 4.69) is 15.0 Å². The van der Waals surface area contributed by atoms with Gasteiger partial charge in [0.25, 0.3) is 5.56 Å². The molecule has 0 radical (unpaired) electrons. The summed E-state index contributed by atoms with van der Waals surface area (Å²) in [6.07, 6.45) is 4.68. The van der Waals surface area contributed by atoms with Gasteiger partial charge in [-0.3, -0.25) is 33.0 Å². The average molecular weight is 540 g/mol. The first-order valence-corrected chi connectivity index (χ1v) is 13.3. The van der Waals surface area contributed by atoms with Crippen LogP contribution in [0.5, 0.6) is 0 Å². The van der Waals surface area contributed by atoms with Gasteiger partial charge in [0.05, 0.1) is 17.2 Å². The molecule has 0 bridgehead atoms. The van der Waals surface area contributed by atoms with Crippen molar-refractivity contribution in [3.63, 3.8) is 0 Å². The molecule has 1 saturated carbocycles. The summed E-state index contributed by atoms with van der Waals surface area (Å²) in [6.45, 7) is 9.18. The number of anilines is 1. The van der Waals surface area contributed by atoms with Crippen molar-refractivity contribution in [2.24, 2.45) is 16.2 Å². The molecule has 0 aromatic carbocycles. The maximum atomic E-state index is 13.4. The van der Waals surface area contributed by atoms with Crippen molar-refractivity contribution in [1.29, 1.82) is 0 Å². The molecule has 1 aliphatic rings. The maximum Gasteiger partial charge on any atom is 0.359 e. The molecule has 0 saturated heterocycles. The van der Waals surface area contributed by atoms with Crippen LogP contribution in [0.3, 0.4) is 0 Å². The smallest absolute Gasteiger partial charge is 0.359 e. The molecule has 0 aliphatic heterocycles. The Bertz CT molecular complexity index is 1260. The Labute approximate surface area is 214 Å². The highest BCUT2D eigenvalue weighted by atomic mass is 31.2. The van der Waals surface area contributed by atoms with Crippen LogP contribution in [0.2, 0.25) is 0 Å². The van der Waals surface area contributed by atoms with Crippen LogP contribution in [0.25, 0.3) is 11.2 Å². The number of imidazole rings is 1. The topological polar surface area (TPSA) is 178 Å². The molecule has 0 unspecified atom stereocenters. The minimum absolute atomic E-state index is 0.0273. The van der Waals surface area contributed by atoms with Crippen molar-refractivity contribution in [2.45, 2.75) is 60.9 Å². The summed E-state index contributed by atoms with van der Waals surface area (Å²) in [5.41, 5.74) is 3.73. The number of nitrogen functional groups attached to an aromatic ring is 1. The minimum Gasteiger partial charge on any atom is -0.438 e. The largest absolute Gasteiger partial charge is 0.438 e. The number of hydrogen-bond acceptors (Lipinski definition) is 11. The van der Waals surface area contributed by atoms with Crippen molar-refractivity contribution >= 4 is 36.6 Å². The molecule has 2 aromatic heterocycles. The van der Waals surface area contributed by atoms with Crippen LogP contribution in [0.4, 0.5) is 5.95 Å². The molecular formula is C23H34N5O8P. The maximum absolute atomic E-state index is 13.4. The molecule has 3 N–H and O–H groups in total. The number of nitrogens with zero attached hydrogens (tertiary/aromatic N) is 3. The summed E-state index contributed by atoms with van der Waals surface area (Å²) in [4.78, 5) is 46.9. The van der Waals surface area contributed by atoms with Gasteiger partial charge in [0.15, 0.2) is 11.2 Å². The number of esters is 2. The quantitative estimate of drug-likeness (QED) is 0.257. The summed E-state index contributed by atoms with van der Waals surface area (Å²) >= 11 is 0. The van der Waals surface area contributed by atoms with E-state index in [1.54, 1.807) is 52.2 Å². The van der Waals surface area contributed by atoms with Gasteiger partial charge in [-0.25, -0.2) is 4.98 Å². The molecular weight excluding hydrogens is 505 g/mol. The highest BCUT2D eigenvalue weighted by molar-refractivity contribution is 7.57. The predicted octanol–water partition coefficient (Wildman–Crippen LogP) is 3.32. The van der Waals surface area contributed by atoms with Gasteiger partial charge in [-0.2, -0.15) is 4.98 Å². The molecule has 0 atom stereocenters. The Morgan fingerprint density at radius 1 is 1.11 bits per heavy atom. The number of carbonyl (C=O) groups excluding carboxylic acids is 2. The first kappa shape index (κ1) is 28.5. The zero-order valence-electron chi connectivity index (χ0n) is 21.9. The van der Waals surface area contributed by atoms with Crippen molar-refractivity contribution in [3.8, 4) is 0 Å². The van der Waals surface area contributed by atoms with Crippen LogP contribution in [-0.2, 0) is 39.2 Å². The fourth-order valence-corrected chi connectivity index (χ4v) is 4.22. The SMILES string of the molecule is CC(C)(C)C(=O)OCOP(=O)(/C=C/C1(Cn2cnc3c(=O)[nH]c(N)nc32)CC1)OCOC(=O)C(C)(C)C. The third kappa shape index (κ3) is 7.50. The van der Waals surface area contributed by atoms with Crippen LogP contribution < -0.4 is 11.3 Å². The molecule has 204 valence electrons. The summed E-state index contributed by atoms with van der Waals surface area (Å²) in [5.74, 6) is 0.147. The highest BCUT2D eigenvalue weighted by Crippen LogP contribution is 2.55. The number of aromatic amines is 1. The Kier molecular flexibility index (Phi) is 8.02. The van der Waals surface area contributed by atoms with E-state index in [0.29, 0.717) is 12.2 Å². The fraction of sp³-hybridized carbons (Fsp3) is 0.609. The zero-order chi connectivity index (χ0) is 27.6. The molecule has 1 aliphatic carbocycles. The normalized spacial score (nSPS) is 15.7. The standard InChI is InChI=1S/C23H34N5O8P/c1-21(2,3)18(30)33-13-35-37(32,36-14-34-19(31)22(4,5)6)10-9-23(7-8-23)11-28-12-25-15-16(28)26-20(24)27-17(15)29/h9-10,12H,7-8,11,13-14H2,1-6H3,(H3,24,26,27,29)/b10-9+. The number of carbonyl (C=O) groups is 2. The van der Waals surface area contributed by atoms with E-state index in [4.69, 9.17) is 24.3 Å². The number of rotatable bonds is 10. The lowest BCUT2D eigenvalue weighted by molar-refractivity contribution is -0.161. The zero-order valence-corrected chi connectivity index (χ0v) is 22.8. The number of nitrogens with two attached hydrogens (primary N) is 1. The Morgan fingerprint density at radius 3 is 2.14 bits per heavy atom. The molecule has 13 nitrogen and oxygen atoms in total. The van der Waals surface area contributed by atoms with E-state index in [0.717, 1.165) is 12.8 Å². The van der Waals surface area contributed by atoms with E-state index < -0.39 is 54.9 Å². The van der Waals surface area contributed by atoms with Crippen molar-refractivity contribution in [2.75, 3.05) is 19.3 Å². The van der Waals surface area contributed by atoms with Crippen molar-refractivity contribution in [3.05, 3.63) is 28.6 Å². The molecule has 0 spiro atoms. The molecule has 37 heavy (non-hydrogen) atoms. The third-order valence-corrected chi connectivity index (χ3v) is 7.00. The Morgan fingerprint density at radius 2 is 1.65 bits per heavy atom. The predicted molar refractivity (Wildman–Crippen MR) is 134 cm³/mol. The number of nitrogens with one attached hydrogen (secondary N) is 1. The van der Waals surface area contributed by atoms with E-state index in [-0.39, 0.29) is 11.5 Å². The van der Waals surface area contributed by atoms with Gasteiger partial charge in [-0.15, -0.1) is 0 Å². The average Bonchev–Trinajstić information content (AvgIpc) is 3.43. The number of allylic oxidation sites excluding steroid dienone is 1. The summed E-state index contributed by atoms with van der Waals surface area (Å²) in [6, 6.07) is 0. The lowest BCUT2D eigenvalue weighted by Crippen LogP contribution is -2.24. The second-order valence-electron chi connectivity index (χ2n) is 11.1. The van der Waals surface area contributed by atoms with Crippen LogP contribution in [-0.4, -0.2) is 45.0 Å². The lowest BCUT2D eigenvalue weighted by atomic mass is 9.98. The highest BCUT2D eigenvalue weighted by Gasteiger charge is 2.42. The molecule has 1 fully saturated rings. The minimum atomic E-state index is -4.00. The van der Waals surface area contributed by atoms with Gasteiger partial charge < -0.3 is 19.8 Å². The van der Waals surface area contributed by atoms with E-state index in [1.165, 1.54) is 12.1 Å². The van der Waals surface area contributed by atoms with Gasteiger partial charge in [-0.1, -0.05) is 6.08 Å². The Balaban J connectivity index is 1.75. The number of fused-ring (bicyclic) bond motifs is 1. The monoisotopic (exact) mass is 539 g/mol. The lowest BCUT2D eigenvalue weighted by Gasteiger charge is -2.21. The summed E-state index contributed by atoms with van der Waals surface area (Å²) in [5, 5.41) is 0. The van der Waals surface area contributed by atoms with Crippen LogP contribution in [0, 0.1) is 16.2 Å². The fourth-order valence-electron chi connectivity index (χ4n) is 3.08. The number of H-pyrrole nitrogens is 1. The third-order valence-electron chi connectivity index (χ3n) is 5.55. The van der Waals surface area contributed by atoms with Crippen molar-refractivity contribution < 1.29 is 32.7 Å². The molecule has 2 aromatic rings. The van der Waals surface area contributed by atoms with E-state index >= 15 is 0 Å². The second kappa shape index (κ2) is 10.4.